The van der Waals surface area contributed by atoms with E-state index in [0.29, 0.717) is 22.3 Å². The van der Waals surface area contributed by atoms with Crippen molar-refractivity contribution in [2.24, 2.45) is 0 Å². The van der Waals surface area contributed by atoms with Gasteiger partial charge in [-0.1, -0.05) is 13.8 Å². The highest BCUT2D eigenvalue weighted by Gasteiger charge is 2.09. The van der Waals surface area contributed by atoms with Gasteiger partial charge in [0, 0.05) is 5.69 Å². The molecule has 0 unspecified atom stereocenters. The number of carbonyl (C=O) groups is 2. The summed E-state index contributed by atoms with van der Waals surface area (Å²) in [5.41, 5.74) is 1.52. The Kier molecular flexibility index (Phi) is 5.22. The third-order valence-corrected chi connectivity index (χ3v) is 3.38. The highest BCUT2D eigenvalue weighted by Crippen LogP contribution is 2.16. The van der Waals surface area contributed by atoms with Crippen molar-refractivity contribution in [3.05, 3.63) is 29.3 Å². The summed E-state index contributed by atoms with van der Waals surface area (Å²) in [6, 6.07) is 4.78. The molecule has 1 aromatic carbocycles. The van der Waals surface area contributed by atoms with Crippen LogP contribution in [0.25, 0.3) is 0 Å². The summed E-state index contributed by atoms with van der Waals surface area (Å²) >= 11 is 1.56. The van der Waals surface area contributed by atoms with Gasteiger partial charge in [-0.3, -0.25) is 4.79 Å². The van der Waals surface area contributed by atoms with E-state index in [1.807, 2.05) is 13.8 Å². The Hall–Kier alpha value is -1.49. The van der Waals surface area contributed by atoms with E-state index >= 15 is 0 Å². The van der Waals surface area contributed by atoms with Crippen LogP contribution in [0.2, 0.25) is 0 Å². The highest BCUT2D eigenvalue weighted by atomic mass is 32.2. The summed E-state index contributed by atoms with van der Waals surface area (Å²) in [5, 5.41) is 12.1. The third-order valence-electron chi connectivity index (χ3n) is 2.29. The van der Waals surface area contributed by atoms with Gasteiger partial charge in [-0.05, 0) is 35.9 Å². The summed E-state index contributed by atoms with van der Waals surface area (Å²) in [4.78, 5) is 22.4. The van der Waals surface area contributed by atoms with E-state index in [1.165, 1.54) is 6.07 Å². The molecule has 0 heterocycles. The standard InChI is InChI=1S/C13H17NO3S/c1-8(2)18-7-12(15)14-10-4-5-11(13(16)17)9(3)6-10/h4-6,8H,7H2,1-3H3,(H,14,15)(H,16,17). The van der Waals surface area contributed by atoms with Crippen LogP contribution in [0.1, 0.15) is 29.8 Å². The van der Waals surface area contributed by atoms with Crippen molar-refractivity contribution in [3.63, 3.8) is 0 Å². The molecule has 0 aromatic heterocycles. The molecule has 18 heavy (non-hydrogen) atoms. The predicted octanol–water partition coefficient (Wildman–Crippen LogP) is 2.77. The summed E-state index contributed by atoms with van der Waals surface area (Å²) in [5.74, 6) is -0.630. The summed E-state index contributed by atoms with van der Waals surface area (Å²) < 4.78 is 0. The van der Waals surface area contributed by atoms with E-state index in [-0.39, 0.29) is 11.5 Å². The summed E-state index contributed by atoms with van der Waals surface area (Å²) in [6.07, 6.45) is 0. The molecule has 5 heteroatoms. The number of carbonyl (C=O) groups excluding carboxylic acids is 1. The van der Waals surface area contributed by atoms with Crippen molar-refractivity contribution in [2.75, 3.05) is 11.1 Å². The Morgan fingerprint density at radius 3 is 2.56 bits per heavy atom. The van der Waals surface area contributed by atoms with E-state index in [2.05, 4.69) is 5.32 Å². The van der Waals surface area contributed by atoms with Crippen molar-refractivity contribution >= 4 is 29.3 Å². The van der Waals surface area contributed by atoms with Gasteiger partial charge in [-0.25, -0.2) is 4.79 Å². The number of hydrogen-bond acceptors (Lipinski definition) is 3. The van der Waals surface area contributed by atoms with Gasteiger partial charge < -0.3 is 10.4 Å². The predicted molar refractivity (Wildman–Crippen MR) is 74.4 cm³/mol. The Labute approximate surface area is 111 Å². The first-order chi connectivity index (χ1) is 8.40. The van der Waals surface area contributed by atoms with Crippen molar-refractivity contribution in [1.29, 1.82) is 0 Å². The monoisotopic (exact) mass is 267 g/mol. The number of aryl methyl sites for hydroxylation is 1. The number of thioether (sulfide) groups is 1. The third kappa shape index (κ3) is 4.41. The molecule has 4 nitrogen and oxygen atoms in total. The van der Waals surface area contributed by atoms with E-state index < -0.39 is 5.97 Å². The first-order valence-electron chi connectivity index (χ1n) is 5.65. The van der Waals surface area contributed by atoms with Crippen molar-refractivity contribution in [2.45, 2.75) is 26.0 Å². The van der Waals surface area contributed by atoms with Gasteiger partial charge in [0.1, 0.15) is 0 Å². The van der Waals surface area contributed by atoms with Crippen molar-refractivity contribution in [3.8, 4) is 0 Å². The topological polar surface area (TPSA) is 66.4 Å². The fourth-order valence-electron chi connectivity index (χ4n) is 1.42. The smallest absolute Gasteiger partial charge is 0.335 e. The molecule has 0 saturated carbocycles. The molecular formula is C13H17NO3S. The number of rotatable bonds is 5. The normalized spacial score (nSPS) is 10.4. The summed E-state index contributed by atoms with van der Waals surface area (Å²) in [7, 11) is 0. The minimum atomic E-state index is -0.958. The van der Waals surface area contributed by atoms with Crippen LogP contribution in [-0.2, 0) is 4.79 Å². The van der Waals surface area contributed by atoms with Gasteiger partial charge in [0.25, 0.3) is 0 Å². The molecule has 2 N–H and O–H groups in total. The quantitative estimate of drug-likeness (QED) is 0.861. The zero-order chi connectivity index (χ0) is 13.7. The first kappa shape index (κ1) is 14.6. The van der Waals surface area contributed by atoms with E-state index in [4.69, 9.17) is 5.11 Å². The molecule has 1 aromatic rings. The van der Waals surface area contributed by atoms with E-state index in [0.717, 1.165) is 0 Å². The van der Waals surface area contributed by atoms with E-state index in [9.17, 15) is 9.59 Å². The number of carboxylic acids is 1. The van der Waals surface area contributed by atoms with Crippen molar-refractivity contribution < 1.29 is 14.7 Å². The number of nitrogens with one attached hydrogen (secondary N) is 1. The Balaban J connectivity index is 2.66. The lowest BCUT2D eigenvalue weighted by Crippen LogP contribution is -2.15. The molecule has 1 amide bonds. The van der Waals surface area contributed by atoms with Gasteiger partial charge in [0.05, 0.1) is 11.3 Å². The van der Waals surface area contributed by atoms with Crippen LogP contribution < -0.4 is 5.32 Å². The maximum absolute atomic E-state index is 11.6. The van der Waals surface area contributed by atoms with Crippen LogP contribution >= 0.6 is 11.8 Å². The van der Waals surface area contributed by atoms with Gasteiger partial charge in [0.15, 0.2) is 0 Å². The molecule has 0 fully saturated rings. The van der Waals surface area contributed by atoms with Crippen LogP contribution in [0, 0.1) is 6.92 Å². The second-order valence-electron chi connectivity index (χ2n) is 4.24. The van der Waals surface area contributed by atoms with Crippen LogP contribution in [0.15, 0.2) is 18.2 Å². The molecular weight excluding hydrogens is 250 g/mol. The Morgan fingerprint density at radius 2 is 2.06 bits per heavy atom. The van der Waals surface area contributed by atoms with Gasteiger partial charge in [-0.2, -0.15) is 0 Å². The van der Waals surface area contributed by atoms with Crippen LogP contribution in [-0.4, -0.2) is 28.0 Å². The molecule has 0 spiro atoms. The van der Waals surface area contributed by atoms with Crippen LogP contribution in [0.4, 0.5) is 5.69 Å². The Morgan fingerprint density at radius 1 is 1.39 bits per heavy atom. The van der Waals surface area contributed by atoms with Crippen LogP contribution in [0.3, 0.4) is 0 Å². The zero-order valence-electron chi connectivity index (χ0n) is 10.7. The number of anilines is 1. The molecule has 0 aliphatic carbocycles. The fraction of sp³-hybridized carbons (Fsp3) is 0.385. The average Bonchev–Trinajstić information content (AvgIpc) is 2.26. The Bertz CT molecular complexity index is 458. The number of benzene rings is 1. The number of hydrogen-bond donors (Lipinski definition) is 2. The number of carboxylic acid groups (broad SMARTS) is 1. The molecule has 0 aliphatic rings. The molecule has 0 atom stereocenters. The van der Waals surface area contributed by atoms with Gasteiger partial charge >= 0.3 is 5.97 Å². The SMILES string of the molecule is Cc1cc(NC(=O)CSC(C)C)ccc1C(=O)O. The molecule has 0 radical (unpaired) electrons. The van der Waals surface area contributed by atoms with Crippen LogP contribution in [0.5, 0.6) is 0 Å². The maximum Gasteiger partial charge on any atom is 0.335 e. The molecule has 1 rings (SSSR count). The van der Waals surface area contributed by atoms with E-state index in [1.54, 1.807) is 30.8 Å². The minimum Gasteiger partial charge on any atom is -0.478 e. The first-order valence-corrected chi connectivity index (χ1v) is 6.70. The second kappa shape index (κ2) is 6.44. The lowest BCUT2D eigenvalue weighted by atomic mass is 10.1. The zero-order valence-corrected chi connectivity index (χ0v) is 11.5. The number of aromatic carboxylic acids is 1. The molecule has 98 valence electrons. The van der Waals surface area contributed by atoms with Gasteiger partial charge in [0.2, 0.25) is 5.91 Å². The molecule has 0 bridgehead atoms. The minimum absolute atomic E-state index is 0.0730. The summed E-state index contributed by atoms with van der Waals surface area (Å²) in [6.45, 7) is 5.77. The molecule has 0 aliphatic heterocycles. The largest absolute Gasteiger partial charge is 0.478 e. The second-order valence-corrected chi connectivity index (χ2v) is 5.81. The van der Waals surface area contributed by atoms with Crippen molar-refractivity contribution in [1.82, 2.24) is 0 Å². The van der Waals surface area contributed by atoms with Gasteiger partial charge in [-0.15, -0.1) is 11.8 Å². The highest BCUT2D eigenvalue weighted by molar-refractivity contribution is 8.00. The molecule has 0 saturated heterocycles. The maximum atomic E-state index is 11.6. The number of amides is 1. The average molecular weight is 267 g/mol. The lowest BCUT2D eigenvalue weighted by Gasteiger charge is -2.08. The lowest BCUT2D eigenvalue weighted by molar-refractivity contribution is -0.113. The fourth-order valence-corrected chi connectivity index (χ4v) is 1.98.